The van der Waals surface area contributed by atoms with Gasteiger partial charge in [0, 0.05) is 10.7 Å². The maximum atomic E-state index is 12.7. The molecule has 0 aromatic heterocycles. The molecule has 0 unspecified atom stereocenters. The third kappa shape index (κ3) is 2.70. The van der Waals surface area contributed by atoms with Gasteiger partial charge in [0.15, 0.2) is 0 Å². The van der Waals surface area contributed by atoms with Crippen LogP contribution in [0.25, 0.3) is 0 Å². The van der Waals surface area contributed by atoms with Gasteiger partial charge in [0.05, 0.1) is 16.0 Å². The van der Waals surface area contributed by atoms with Gasteiger partial charge in [-0.1, -0.05) is 6.07 Å². The third-order valence-electron chi connectivity index (χ3n) is 2.03. The summed E-state index contributed by atoms with van der Waals surface area (Å²) in [6, 6.07) is 3.18. The van der Waals surface area contributed by atoms with Crippen molar-refractivity contribution in [2.45, 2.75) is 18.0 Å². The molecule has 92 valence electrons. The van der Waals surface area contributed by atoms with E-state index in [1.54, 1.807) is 0 Å². The Morgan fingerprint density at radius 3 is 2.24 bits per heavy atom. The fourth-order valence-corrected chi connectivity index (χ4v) is 2.39. The highest BCUT2D eigenvalue weighted by Crippen LogP contribution is 2.38. The van der Waals surface area contributed by atoms with Crippen molar-refractivity contribution in [3.05, 3.63) is 28.8 Å². The zero-order valence-electron chi connectivity index (χ0n) is 8.34. The molecule has 0 saturated carbocycles. The second-order valence-corrected chi connectivity index (χ2v) is 5.71. The molecule has 0 aliphatic heterocycles. The predicted molar refractivity (Wildman–Crippen MR) is 53.9 cm³/mol. The fraction of sp³-hybridized carbons (Fsp3) is 0.222. The Morgan fingerprint density at radius 2 is 1.88 bits per heavy atom. The van der Waals surface area contributed by atoms with Crippen LogP contribution in [0, 0.1) is 18.3 Å². The van der Waals surface area contributed by atoms with E-state index in [1.165, 1.54) is 13.0 Å². The SMILES string of the molecule is Cc1ccc(S(=O)(=O)Cl)c(C(F)(F)F)c1C#N. The minimum absolute atomic E-state index is 0.0314. The zero-order chi connectivity index (χ0) is 13.4. The Bertz CT molecular complexity index is 602. The van der Waals surface area contributed by atoms with Crippen LogP contribution in [0.3, 0.4) is 0 Å². The standard InChI is InChI=1S/C9H5ClF3NO2S/c1-5-2-3-7(17(10,15)16)8(6(5)4-14)9(11,12)13/h2-3H,1H3. The molecule has 3 nitrogen and oxygen atoms in total. The van der Waals surface area contributed by atoms with Crippen LogP contribution in [0.4, 0.5) is 13.2 Å². The van der Waals surface area contributed by atoms with Crippen LogP contribution >= 0.6 is 10.7 Å². The number of hydrogen-bond acceptors (Lipinski definition) is 3. The van der Waals surface area contributed by atoms with Crippen molar-refractivity contribution >= 4 is 19.7 Å². The van der Waals surface area contributed by atoms with Crippen molar-refractivity contribution in [3.8, 4) is 6.07 Å². The molecule has 0 saturated heterocycles. The topological polar surface area (TPSA) is 57.9 Å². The van der Waals surface area contributed by atoms with Gasteiger partial charge in [0.25, 0.3) is 9.05 Å². The lowest BCUT2D eigenvalue weighted by Gasteiger charge is -2.13. The number of hydrogen-bond donors (Lipinski definition) is 0. The molecule has 0 amide bonds. The minimum atomic E-state index is -4.96. The maximum Gasteiger partial charge on any atom is 0.419 e. The molecule has 1 rings (SSSR count). The average molecular weight is 284 g/mol. The molecule has 0 aliphatic rings. The Labute approximate surface area is 99.8 Å². The number of aryl methyl sites for hydroxylation is 1. The Morgan fingerprint density at radius 1 is 1.35 bits per heavy atom. The molecular formula is C9H5ClF3NO2S. The highest BCUT2D eigenvalue weighted by Gasteiger charge is 2.40. The Balaban J connectivity index is 3.85. The molecule has 0 radical (unpaired) electrons. The van der Waals surface area contributed by atoms with E-state index >= 15 is 0 Å². The number of nitrogens with zero attached hydrogens (tertiary/aromatic N) is 1. The lowest BCUT2D eigenvalue weighted by molar-refractivity contribution is -0.140. The van der Waals surface area contributed by atoms with Gasteiger partial charge in [-0.3, -0.25) is 0 Å². The molecule has 0 atom stereocenters. The molecule has 0 bridgehead atoms. The summed E-state index contributed by atoms with van der Waals surface area (Å²) in [6.07, 6.45) is -4.96. The van der Waals surface area contributed by atoms with Gasteiger partial charge in [-0.15, -0.1) is 0 Å². The summed E-state index contributed by atoms with van der Waals surface area (Å²) >= 11 is 0. The van der Waals surface area contributed by atoms with Gasteiger partial charge >= 0.3 is 6.18 Å². The van der Waals surface area contributed by atoms with E-state index in [1.807, 2.05) is 0 Å². The van der Waals surface area contributed by atoms with Crippen LogP contribution in [-0.2, 0) is 15.2 Å². The summed E-state index contributed by atoms with van der Waals surface area (Å²) < 4.78 is 60.3. The highest BCUT2D eigenvalue weighted by atomic mass is 35.7. The van der Waals surface area contributed by atoms with Gasteiger partial charge in [-0.05, 0) is 18.6 Å². The van der Waals surface area contributed by atoms with Gasteiger partial charge in [0.1, 0.15) is 6.07 Å². The quantitative estimate of drug-likeness (QED) is 0.745. The van der Waals surface area contributed by atoms with Crippen molar-refractivity contribution in [1.29, 1.82) is 5.26 Å². The smallest absolute Gasteiger partial charge is 0.207 e. The van der Waals surface area contributed by atoms with Crippen molar-refractivity contribution in [3.63, 3.8) is 0 Å². The van der Waals surface area contributed by atoms with Crippen LogP contribution in [0.5, 0.6) is 0 Å². The van der Waals surface area contributed by atoms with Crippen molar-refractivity contribution < 1.29 is 21.6 Å². The van der Waals surface area contributed by atoms with Gasteiger partial charge in [-0.2, -0.15) is 18.4 Å². The lowest BCUT2D eigenvalue weighted by Crippen LogP contribution is -2.14. The number of rotatable bonds is 1. The lowest BCUT2D eigenvalue weighted by atomic mass is 10.0. The fourth-order valence-electron chi connectivity index (χ4n) is 1.32. The summed E-state index contributed by atoms with van der Waals surface area (Å²) in [5.41, 5.74) is -2.22. The first-order valence-electron chi connectivity index (χ1n) is 4.14. The van der Waals surface area contributed by atoms with Crippen LogP contribution in [0.1, 0.15) is 16.7 Å². The van der Waals surface area contributed by atoms with E-state index in [9.17, 15) is 21.6 Å². The Hall–Kier alpha value is -1.26. The van der Waals surface area contributed by atoms with Crippen molar-refractivity contribution in [2.75, 3.05) is 0 Å². The largest absolute Gasteiger partial charge is 0.419 e. The van der Waals surface area contributed by atoms with Gasteiger partial charge in [-0.25, -0.2) is 8.42 Å². The van der Waals surface area contributed by atoms with E-state index in [0.717, 1.165) is 12.1 Å². The summed E-state index contributed by atoms with van der Waals surface area (Å²) in [7, 11) is 0.349. The van der Waals surface area contributed by atoms with Crippen LogP contribution < -0.4 is 0 Å². The molecule has 0 heterocycles. The van der Waals surface area contributed by atoms with Gasteiger partial charge in [0.2, 0.25) is 0 Å². The van der Waals surface area contributed by atoms with E-state index in [0.29, 0.717) is 0 Å². The summed E-state index contributed by atoms with van der Waals surface area (Å²) in [5.74, 6) is 0. The Kier molecular flexibility index (Phi) is 3.41. The summed E-state index contributed by atoms with van der Waals surface area (Å²) in [5, 5.41) is 8.66. The van der Waals surface area contributed by atoms with Crippen molar-refractivity contribution in [1.82, 2.24) is 0 Å². The van der Waals surface area contributed by atoms with Crippen molar-refractivity contribution in [2.24, 2.45) is 0 Å². The molecule has 0 fully saturated rings. The molecule has 1 aromatic rings. The average Bonchev–Trinajstić information content (AvgIpc) is 2.13. The number of benzene rings is 1. The molecular weight excluding hydrogens is 279 g/mol. The number of nitriles is 1. The third-order valence-corrected chi connectivity index (χ3v) is 3.40. The first-order valence-corrected chi connectivity index (χ1v) is 6.45. The van der Waals surface area contributed by atoms with E-state index in [-0.39, 0.29) is 5.56 Å². The summed E-state index contributed by atoms with van der Waals surface area (Å²) in [4.78, 5) is -1.10. The van der Waals surface area contributed by atoms with E-state index in [4.69, 9.17) is 15.9 Å². The van der Waals surface area contributed by atoms with Crippen LogP contribution in [0.2, 0.25) is 0 Å². The normalized spacial score (nSPS) is 12.2. The summed E-state index contributed by atoms with van der Waals surface area (Å²) in [6.45, 7) is 1.28. The molecule has 17 heavy (non-hydrogen) atoms. The van der Waals surface area contributed by atoms with Gasteiger partial charge < -0.3 is 0 Å². The molecule has 0 spiro atoms. The predicted octanol–water partition coefficient (Wildman–Crippen LogP) is 2.81. The number of alkyl halides is 3. The maximum absolute atomic E-state index is 12.7. The molecule has 0 N–H and O–H groups in total. The minimum Gasteiger partial charge on any atom is -0.207 e. The molecule has 8 heteroatoms. The first-order chi connectivity index (χ1) is 7.59. The zero-order valence-corrected chi connectivity index (χ0v) is 9.91. The number of halogens is 4. The monoisotopic (exact) mass is 283 g/mol. The van der Waals surface area contributed by atoms with Crippen LogP contribution in [0.15, 0.2) is 17.0 Å². The van der Waals surface area contributed by atoms with E-state index < -0.39 is 31.2 Å². The second kappa shape index (κ2) is 4.20. The first kappa shape index (κ1) is 13.8. The molecule has 1 aromatic carbocycles. The second-order valence-electron chi connectivity index (χ2n) is 3.18. The van der Waals surface area contributed by atoms with Crippen LogP contribution in [-0.4, -0.2) is 8.42 Å². The molecule has 0 aliphatic carbocycles. The highest BCUT2D eigenvalue weighted by molar-refractivity contribution is 8.13. The van der Waals surface area contributed by atoms with E-state index in [2.05, 4.69) is 0 Å².